The summed E-state index contributed by atoms with van der Waals surface area (Å²) in [6, 6.07) is 1.97. The molecule has 0 heterocycles. The Hall–Kier alpha value is -1.92. The number of halogens is 3. The van der Waals surface area contributed by atoms with Crippen LogP contribution in [-0.2, 0) is 11.2 Å². The quantitative estimate of drug-likeness (QED) is 0.897. The summed E-state index contributed by atoms with van der Waals surface area (Å²) in [5, 5.41) is 2.51. The number of nitrogens with one attached hydrogen (secondary N) is 1. The van der Waals surface area contributed by atoms with Crippen molar-refractivity contribution in [3.05, 3.63) is 29.1 Å². The van der Waals surface area contributed by atoms with Crippen LogP contribution in [0.2, 0.25) is 0 Å². The molecule has 0 fully saturated rings. The van der Waals surface area contributed by atoms with Crippen LogP contribution in [0.3, 0.4) is 0 Å². The number of rotatable bonds is 5. The Morgan fingerprint density at radius 2 is 1.95 bits per heavy atom. The van der Waals surface area contributed by atoms with Gasteiger partial charge >= 0.3 is 6.09 Å². The highest BCUT2D eigenvalue weighted by molar-refractivity contribution is 5.67. The van der Waals surface area contributed by atoms with Gasteiger partial charge < -0.3 is 14.8 Å². The Labute approximate surface area is 127 Å². The molecular weight excluding hydrogens is 299 g/mol. The lowest BCUT2D eigenvalue weighted by Crippen LogP contribution is -2.33. The Morgan fingerprint density at radius 1 is 1.32 bits per heavy atom. The molecule has 1 aromatic rings. The Balaban J connectivity index is 2.70. The van der Waals surface area contributed by atoms with Crippen LogP contribution < -0.4 is 10.1 Å². The van der Waals surface area contributed by atoms with Gasteiger partial charge in [-0.05, 0) is 44.9 Å². The monoisotopic (exact) mass is 319 g/mol. The summed E-state index contributed by atoms with van der Waals surface area (Å²) in [6.07, 6.45) is -3.29. The molecule has 0 spiro atoms. The van der Waals surface area contributed by atoms with Crippen molar-refractivity contribution in [1.82, 2.24) is 5.32 Å². The first-order valence-corrected chi connectivity index (χ1v) is 6.75. The van der Waals surface area contributed by atoms with Crippen LogP contribution in [0.1, 0.15) is 38.3 Å². The molecule has 1 N–H and O–H groups in total. The second kappa shape index (κ2) is 7.38. The molecule has 0 saturated heterocycles. The van der Waals surface area contributed by atoms with E-state index in [4.69, 9.17) is 9.47 Å². The van der Waals surface area contributed by atoms with E-state index < -0.39 is 29.5 Å². The maximum atomic E-state index is 13.6. The zero-order valence-corrected chi connectivity index (χ0v) is 13.0. The van der Waals surface area contributed by atoms with Crippen LogP contribution in [-0.4, -0.2) is 25.3 Å². The molecule has 0 atom stereocenters. The van der Waals surface area contributed by atoms with Crippen LogP contribution in [0.25, 0.3) is 0 Å². The number of alkyl carbamates (subject to hydrolysis) is 1. The summed E-state index contributed by atoms with van der Waals surface area (Å²) >= 11 is 0. The molecule has 0 aliphatic rings. The molecule has 0 saturated carbocycles. The van der Waals surface area contributed by atoms with Gasteiger partial charge in [0.2, 0.25) is 0 Å². The van der Waals surface area contributed by atoms with E-state index in [1.54, 1.807) is 20.8 Å². The van der Waals surface area contributed by atoms with Gasteiger partial charge in [0.05, 0.1) is 12.7 Å². The molecule has 0 aliphatic heterocycles. The molecule has 22 heavy (non-hydrogen) atoms. The SMILES string of the molecule is COc1cc(C(F)F)c(F)cc1CCNC(=O)OC(C)(C)C. The lowest BCUT2D eigenvalue weighted by Gasteiger charge is -2.19. The van der Waals surface area contributed by atoms with Crippen molar-refractivity contribution in [1.29, 1.82) is 0 Å². The number of hydrogen-bond acceptors (Lipinski definition) is 3. The van der Waals surface area contributed by atoms with E-state index in [1.165, 1.54) is 7.11 Å². The van der Waals surface area contributed by atoms with Crippen LogP contribution >= 0.6 is 0 Å². The predicted molar refractivity (Wildman–Crippen MR) is 75.8 cm³/mol. The standard InChI is InChI=1S/C15H20F3NO3/c1-15(2,3)22-14(20)19-6-5-9-7-11(16)10(13(17)18)8-12(9)21-4/h7-8,13H,5-6H2,1-4H3,(H,19,20). The highest BCUT2D eigenvalue weighted by Gasteiger charge is 2.18. The van der Waals surface area contributed by atoms with Crippen molar-refractivity contribution in [3.8, 4) is 5.75 Å². The molecule has 124 valence electrons. The number of ether oxygens (including phenoxy) is 2. The summed E-state index contributed by atoms with van der Waals surface area (Å²) < 4.78 is 48.9. The van der Waals surface area contributed by atoms with E-state index in [9.17, 15) is 18.0 Å². The number of carbonyl (C=O) groups excluding carboxylic acids is 1. The highest BCUT2D eigenvalue weighted by Crippen LogP contribution is 2.29. The molecule has 1 aromatic carbocycles. The average Bonchev–Trinajstić information content (AvgIpc) is 2.36. The van der Waals surface area contributed by atoms with Crippen LogP contribution in [0.15, 0.2) is 12.1 Å². The van der Waals surface area contributed by atoms with Gasteiger partial charge in [0.25, 0.3) is 6.43 Å². The number of hydrogen-bond donors (Lipinski definition) is 1. The maximum Gasteiger partial charge on any atom is 0.407 e. The predicted octanol–water partition coefficient (Wildman–Crippen LogP) is 3.84. The zero-order valence-electron chi connectivity index (χ0n) is 13.0. The second-order valence-corrected chi connectivity index (χ2v) is 5.66. The third-order valence-corrected chi connectivity index (χ3v) is 2.70. The minimum Gasteiger partial charge on any atom is -0.496 e. The first-order valence-electron chi connectivity index (χ1n) is 6.75. The summed E-state index contributed by atoms with van der Waals surface area (Å²) in [4.78, 5) is 11.5. The van der Waals surface area contributed by atoms with E-state index in [0.29, 0.717) is 5.56 Å². The van der Waals surface area contributed by atoms with Gasteiger partial charge in [-0.2, -0.15) is 0 Å². The highest BCUT2D eigenvalue weighted by atomic mass is 19.3. The summed E-state index contributed by atoms with van der Waals surface area (Å²) in [5.41, 5.74) is -0.937. The molecule has 0 aromatic heterocycles. The van der Waals surface area contributed by atoms with Crippen molar-refractivity contribution in [2.24, 2.45) is 0 Å². The molecule has 4 nitrogen and oxygen atoms in total. The van der Waals surface area contributed by atoms with Crippen LogP contribution in [0, 0.1) is 5.82 Å². The minimum absolute atomic E-state index is 0.155. The number of amides is 1. The van der Waals surface area contributed by atoms with Crippen molar-refractivity contribution in [3.63, 3.8) is 0 Å². The van der Waals surface area contributed by atoms with Crippen LogP contribution in [0.5, 0.6) is 5.75 Å². The van der Waals surface area contributed by atoms with Gasteiger partial charge in [-0.1, -0.05) is 0 Å². The second-order valence-electron chi connectivity index (χ2n) is 5.66. The lowest BCUT2D eigenvalue weighted by molar-refractivity contribution is 0.0528. The van der Waals surface area contributed by atoms with Gasteiger partial charge in [-0.15, -0.1) is 0 Å². The van der Waals surface area contributed by atoms with Gasteiger partial charge in [0, 0.05) is 6.54 Å². The van der Waals surface area contributed by atoms with E-state index in [0.717, 1.165) is 12.1 Å². The maximum absolute atomic E-state index is 13.6. The fraction of sp³-hybridized carbons (Fsp3) is 0.533. The third kappa shape index (κ3) is 5.46. The average molecular weight is 319 g/mol. The van der Waals surface area contributed by atoms with E-state index in [-0.39, 0.29) is 18.7 Å². The Kier molecular flexibility index (Phi) is 6.08. The molecular formula is C15H20F3NO3. The van der Waals surface area contributed by atoms with Crippen LogP contribution in [0.4, 0.5) is 18.0 Å². The number of benzene rings is 1. The van der Waals surface area contributed by atoms with Gasteiger partial charge in [-0.3, -0.25) is 0 Å². The van der Waals surface area contributed by atoms with Crippen molar-refractivity contribution in [2.75, 3.05) is 13.7 Å². The van der Waals surface area contributed by atoms with Crippen molar-refractivity contribution < 1.29 is 27.4 Å². The normalized spacial score (nSPS) is 11.5. The lowest BCUT2D eigenvalue weighted by atomic mass is 10.1. The summed E-state index contributed by atoms with van der Waals surface area (Å²) in [6.45, 7) is 5.36. The summed E-state index contributed by atoms with van der Waals surface area (Å²) in [5.74, 6) is -0.842. The van der Waals surface area contributed by atoms with Crippen molar-refractivity contribution in [2.45, 2.75) is 39.2 Å². The summed E-state index contributed by atoms with van der Waals surface area (Å²) in [7, 11) is 1.31. The molecule has 0 aliphatic carbocycles. The first-order chi connectivity index (χ1) is 10.1. The minimum atomic E-state index is -2.91. The van der Waals surface area contributed by atoms with E-state index >= 15 is 0 Å². The number of carbonyl (C=O) groups is 1. The largest absolute Gasteiger partial charge is 0.496 e. The number of methoxy groups -OCH3 is 1. The topological polar surface area (TPSA) is 47.6 Å². The molecule has 7 heteroatoms. The molecule has 0 bridgehead atoms. The molecule has 1 amide bonds. The van der Waals surface area contributed by atoms with Crippen molar-refractivity contribution >= 4 is 6.09 Å². The van der Waals surface area contributed by atoms with Gasteiger partial charge in [-0.25, -0.2) is 18.0 Å². The van der Waals surface area contributed by atoms with Gasteiger partial charge in [0.1, 0.15) is 17.2 Å². The number of alkyl halides is 2. The molecule has 0 unspecified atom stereocenters. The fourth-order valence-electron chi connectivity index (χ4n) is 1.78. The van der Waals surface area contributed by atoms with E-state index in [2.05, 4.69) is 5.32 Å². The Morgan fingerprint density at radius 3 is 2.45 bits per heavy atom. The zero-order chi connectivity index (χ0) is 16.9. The first kappa shape index (κ1) is 18.1. The molecule has 0 radical (unpaired) electrons. The Bertz CT molecular complexity index is 527. The molecule has 1 rings (SSSR count). The third-order valence-electron chi connectivity index (χ3n) is 2.70. The van der Waals surface area contributed by atoms with E-state index in [1.807, 2.05) is 0 Å². The van der Waals surface area contributed by atoms with Gasteiger partial charge in [0.15, 0.2) is 0 Å². The fourth-order valence-corrected chi connectivity index (χ4v) is 1.78. The smallest absolute Gasteiger partial charge is 0.407 e.